The number of carbonyl (C=O) groups excluding carboxylic acids is 1. The van der Waals surface area contributed by atoms with Crippen LogP contribution < -0.4 is 20.9 Å². The van der Waals surface area contributed by atoms with Crippen LogP contribution in [0.1, 0.15) is 29.1 Å². The van der Waals surface area contributed by atoms with Gasteiger partial charge >= 0.3 is 11.3 Å². The number of hydrogen-bond donors (Lipinski definition) is 0. The van der Waals surface area contributed by atoms with Crippen LogP contribution in [0.5, 0.6) is 5.75 Å². The molecule has 2 aromatic carbocycles. The Morgan fingerprint density at radius 3 is 2.28 bits per heavy atom. The molecule has 0 radical (unpaired) electrons. The molecule has 0 saturated heterocycles. The van der Waals surface area contributed by atoms with Gasteiger partial charge in [-0.15, -0.1) is 11.3 Å². The minimum atomic E-state index is -0.590. The standard InChI is InChI=1S/C18H17NO3S.C10H8O3/c1-3-19(4-2)13-8-7-12-10-14(18(21)22-15(12)11-13)17(20)16-6-5-9-23-16;1-12-9-6-7-4-2-3-5-8(7)13-10(9)11/h5-11H,3-4H2,1-2H3;2-6H,1H3. The van der Waals surface area contributed by atoms with Gasteiger partial charge in [-0.1, -0.05) is 24.3 Å². The molecule has 7 nitrogen and oxygen atoms in total. The van der Waals surface area contributed by atoms with Gasteiger partial charge < -0.3 is 18.5 Å². The van der Waals surface area contributed by atoms with E-state index >= 15 is 0 Å². The zero-order valence-corrected chi connectivity index (χ0v) is 21.0. The van der Waals surface area contributed by atoms with E-state index in [0.29, 0.717) is 16.0 Å². The number of ether oxygens (including phenoxy) is 1. The van der Waals surface area contributed by atoms with Gasteiger partial charge in [0.15, 0.2) is 0 Å². The van der Waals surface area contributed by atoms with Crippen molar-refractivity contribution in [3.63, 3.8) is 0 Å². The SMILES string of the molecule is CCN(CC)c1ccc2cc(C(=O)c3cccs3)c(=O)oc2c1.COc1cc2ccccc2oc1=O. The van der Waals surface area contributed by atoms with E-state index in [2.05, 4.69) is 18.7 Å². The monoisotopic (exact) mass is 503 g/mol. The number of hydrogen-bond acceptors (Lipinski definition) is 8. The summed E-state index contributed by atoms with van der Waals surface area (Å²) in [6, 6.07) is 19.8. The van der Waals surface area contributed by atoms with Gasteiger partial charge in [0.05, 0.1) is 12.0 Å². The molecule has 36 heavy (non-hydrogen) atoms. The third-order valence-corrected chi connectivity index (χ3v) is 6.54. The van der Waals surface area contributed by atoms with Crippen molar-refractivity contribution in [2.75, 3.05) is 25.1 Å². The summed E-state index contributed by atoms with van der Waals surface area (Å²) in [5.41, 5.74) is 1.13. The number of benzene rings is 2. The van der Waals surface area contributed by atoms with Gasteiger partial charge in [0.2, 0.25) is 11.5 Å². The lowest BCUT2D eigenvalue weighted by atomic mass is 10.1. The molecule has 0 bridgehead atoms. The van der Waals surface area contributed by atoms with E-state index in [1.165, 1.54) is 18.4 Å². The summed E-state index contributed by atoms with van der Waals surface area (Å²) in [6.07, 6.45) is 0. The number of rotatable bonds is 6. The minimum Gasteiger partial charge on any atom is -0.490 e. The molecule has 0 unspecified atom stereocenters. The Kier molecular flexibility index (Phi) is 7.65. The number of carbonyl (C=O) groups is 1. The molecule has 0 amide bonds. The van der Waals surface area contributed by atoms with Gasteiger partial charge in [-0.25, -0.2) is 9.59 Å². The van der Waals surface area contributed by atoms with Crippen molar-refractivity contribution in [1.82, 2.24) is 0 Å². The molecule has 0 saturated carbocycles. The molecule has 3 heterocycles. The number of nitrogens with zero attached hydrogens (tertiary/aromatic N) is 1. The maximum absolute atomic E-state index is 12.4. The Hall–Kier alpha value is -4.17. The van der Waals surface area contributed by atoms with Crippen molar-refractivity contribution < 1.29 is 18.4 Å². The highest BCUT2D eigenvalue weighted by Crippen LogP contribution is 2.23. The van der Waals surface area contributed by atoms with Gasteiger partial charge in [0, 0.05) is 35.6 Å². The molecule has 0 aliphatic rings. The Labute approximate surface area is 211 Å². The van der Waals surface area contributed by atoms with E-state index in [1.54, 1.807) is 30.3 Å². The lowest BCUT2D eigenvalue weighted by molar-refractivity contribution is 0.103. The second kappa shape index (κ2) is 11.0. The molecular weight excluding hydrogens is 478 g/mol. The van der Waals surface area contributed by atoms with Gasteiger partial charge in [0.25, 0.3) is 0 Å². The van der Waals surface area contributed by atoms with Crippen LogP contribution in [-0.2, 0) is 0 Å². The third kappa shape index (κ3) is 5.23. The van der Waals surface area contributed by atoms with E-state index in [0.717, 1.165) is 29.5 Å². The van der Waals surface area contributed by atoms with Crippen molar-refractivity contribution in [2.45, 2.75) is 13.8 Å². The van der Waals surface area contributed by atoms with Crippen LogP contribution in [0.25, 0.3) is 21.9 Å². The summed E-state index contributed by atoms with van der Waals surface area (Å²) in [4.78, 5) is 38.5. The van der Waals surface area contributed by atoms with Crippen molar-refractivity contribution >= 4 is 44.7 Å². The Morgan fingerprint density at radius 1 is 0.861 bits per heavy atom. The first-order valence-corrected chi connectivity index (χ1v) is 12.3. The van der Waals surface area contributed by atoms with Crippen LogP contribution in [0.15, 0.2) is 90.5 Å². The highest BCUT2D eigenvalue weighted by molar-refractivity contribution is 7.12. The maximum atomic E-state index is 12.4. The van der Waals surface area contributed by atoms with Crippen LogP contribution in [0.2, 0.25) is 0 Å². The molecule has 0 aliphatic carbocycles. The first kappa shape index (κ1) is 24.9. The lowest BCUT2D eigenvalue weighted by Crippen LogP contribution is -2.21. The van der Waals surface area contributed by atoms with Crippen LogP contribution in [0, 0.1) is 0 Å². The summed E-state index contributed by atoms with van der Waals surface area (Å²) >= 11 is 1.32. The van der Waals surface area contributed by atoms with Gasteiger partial charge in [-0.05, 0) is 55.6 Å². The average molecular weight is 504 g/mol. The predicted octanol–water partition coefficient (Wildman–Crippen LogP) is 5.73. The highest BCUT2D eigenvalue weighted by atomic mass is 32.1. The predicted molar refractivity (Wildman–Crippen MR) is 143 cm³/mol. The molecule has 0 atom stereocenters. The van der Waals surface area contributed by atoms with E-state index in [-0.39, 0.29) is 17.1 Å². The Balaban J connectivity index is 0.000000197. The Morgan fingerprint density at radius 2 is 1.58 bits per heavy atom. The molecule has 5 aromatic rings. The summed E-state index contributed by atoms with van der Waals surface area (Å²) in [7, 11) is 1.45. The zero-order valence-electron chi connectivity index (χ0n) is 20.1. The second-order valence-corrected chi connectivity index (χ2v) is 8.74. The number of ketones is 1. The number of fused-ring (bicyclic) bond motifs is 2. The average Bonchev–Trinajstić information content (AvgIpc) is 3.44. The van der Waals surface area contributed by atoms with Crippen molar-refractivity contribution in [3.8, 4) is 5.75 Å². The quantitative estimate of drug-likeness (QED) is 0.216. The molecule has 8 heteroatoms. The van der Waals surface area contributed by atoms with Gasteiger partial charge in [0.1, 0.15) is 16.7 Å². The first-order chi connectivity index (χ1) is 17.4. The minimum absolute atomic E-state index is 0.0792. The maximum Gasteiger partial charge on any atom is 0.379 e. The Bertz CT molecular complexity index is 1610. The third-order valence-electron chi connectivity index (χ3n) is 5.67. The molecular formula is C28H25NO6S. The molecule has 0 N–H and O–H groups in total. The van der Waals surface area contributed by atoms with E-state index in [4.69, 9.17) is 13.6 Å². The molecule has 184 valence electrons. The fraction of sp³-hybridized carbons (Fsp3) is 0.179. The zero-order chi connectivity index (χ0) is 25.7. The van der Waals surface area contributed by atoms with Crippen LogP contribution in [0.4, 0.5) is 5.69 Å². The van der Waals surface area contributed by atoms with E-state index in [1.807, 2.05) is 41.8 Å². The fourth-order valence-corrected chi connectivity index (χ4v) is 4.45. The van der Waals surface area contributed by atoms with Crippen molar-refractivity contribution in [1.29, 1.82) is 0 Å². The molecule has 0 fully saturated rings. The van der Waals surface area contributed by atoms with Crippen LogP contribution in [0.3, 0.4) is 0 Å². The van der Waals surface area contributed by atoms with Crippen molar-refractivity contribution in [2.24, 2.45) is 0 Å². The lowest BCUT2D eigenvalue weighted by Gasteiger charge is -2.20. The summed E-state index contributed by atoms with van der Waals surface area (Å²) in [5.74, 6) is -0.0535. The van der Waals surface area contributed by atoms with Crippen molar-refractivity contribution in [3.05, 3.63) is 103 Å². The second-order valence-electron chi connectivity index (χ2n) is 7.79. The first-order valence-electron chi connectivity index (χ1n) is 11.4. The van der Waals surface area contributed by atoms with E-state index in [9.17, 15) is 14.4 Å². The largest absolute Gasteiger partial charge is 0.490 e. The van der Waals surface area contributed by atoms with Gasteiger partial charge in [-0.2, -0.15) is 0 Å². The summed E-state index contributed by atoms with van der Waals surface area (Å²) in [5, 5.41) is 3.42. The number of para-hydroxylation sites is 1. The van der Waals surface area contributed by atoms with Crippen LogP contribution in [-0.4, -0.2) is 26.0 Å². The summed E-state index contributed by atoms with van der Waals surface area (Å²) < 4.78 is 15.2. The fourth-order valence-electron chi connectivity index (χ4n) is 3.77. The summed E-state index contributed by atoms with van der Waals surface area (Å²) in [6.45, 7) is 5.90. The van der Waals surface area contributed by atoms with Crippen LogP contribution >= 0.6 is 11.3 Å². The van der Waals surface area contributed by atoms with E-state index < -0.39 is 11.3 Å². The normalized spacial score (nSPS) is 10.6. The highest BCUT2D eigenvalue weighted by Gasteiger charge is 2.17. The van der Waals surface area contributed by atoms with Gasteiger partial charge in [-0.3, -0.25) is 4.79 Å². The molecule has 0 aliphatic heterocycles. The number of thiophene rings is 1. The smallest absolute Gasteiger partial charge is 0.379 e. The molecule has 3 aromatic heterocycles. The number of anilines is 1. The number of methoxy groups -OCH3 is 1. The topological polar surface area (TPSA) is 90.0 Å². The molecule has 5 rings (SSSR count). The molecule has 0 spiro atoms.